The third-order valence-electron chi connectivity index (χ3n) is 3.86. The minimum absolute atomic E-state index is 0.362. The van der Waals surface area contributed by atoms with Gasteiger partial charge in [0.05, 0.1) is 22.7 Å². The molecule has 3 aromatic rings. The van der Waals surface area contributed by atoms with Crippen molar-refractivity contribution in [3.63, 3.8) is 0 Å². The fraction of sp³-hybridized carbons (Fsp3) is 0.263. The van der Waals surface area contributed by atoms with Crippen LogP contribution in [0.5, 0.6) is 0 Å². The number of benzene rings is 2. The normalized spacial score (nSPS) is 11.2. The summed E-state index contributed by atoms with van der Waals surface area (Å²) in [7, 11) is 0. The van der Waals surface area contributed by atoms with Crippen LogP contribution < -0.4 is 0 Å². The fourth-order valence-electron chi connectivity index (χ4n) is 2.79. The van der Waals surface area contributed by atoms with Gasteiger partial charge in [-0.25, -0.2) is 13.8 Å². The summed E-state index contributed by atoms with van der Waals surface area (Å²) in [5.74, 6) is -0.631. The summed E-state index contributed by atoms with van der Waals surface area (Å²) in [6.45, 7) is 4.60. The van der Waals surface area contributed by atoms with Crippen molar-refractivity contribution in [3.8, 4) is 6.07 Å². The highest BCUT2D eigenvalue weighted by Crippen LogP contribution is 2.23. The van der Waals surface area contributed by atoms with Crippen LogP contribution in [0.2, 0.25) is 0 Å². The Morgan fingerprint density at radius 1 is 1.17 bits per heavy atom. The third-order valence-corrected chi connectivity index (χ3v) is 3.86. The highest BCUT2D eigenvalue weighted by Gasteiger charge is 2.15. The molecule has 0 aliphatic rings. The Morgan fingerprint density at radius 2 is 1.92 bits per heavy atom. The van der Waals surface area contributed by atoms with E-state index in [1.54, 1.807) is 12.1 Å². The molecule has 0 saturated carbocycles. The van der Waals surface area contributed by atoms with Gasteiger partial charge in [0.1, 0.15) is 5.82 Å². The SMILES string of the molecule is CC(C)Cc1nc2cc(F)c(F)cc2n1Cc1cccc(C#N)c1. The van der Waals surface area contributed by atoms with Gasteiger partial charge in [-0.15, -0.1) is 0 Å². The van der Waals surface area contributed by atoms with E-state index in [2.05, 4.69) is 24.9 Å². The molecule has 2 aromatic carbocycles. The van der Waals surface area contributed by atoms with Gasteiger partial charge >= 0.3 is 0 Å². The number of rotatable bonds is 4. The molecule has 0 aliphatic heterocycles. The molecule has 122 valence electrons. The van der Waals surface area contributed by atoms with Crippen LogP contribution in [0.15, 0.2) is 36.4 Å². The minimum Gasteiger partial charge on any atom is -0.323 e. The average molecular weight is 325 g/mol. The van der Waals surface area contributed by atoms with E-state index in [-0.39, 0.29) is 0 Å². The Balaban J connectivity index is 2.12. The molecule has 0 fully saturated rings. The minimum atomic E-state index is -0.894. The van der Waals surface area contributed by atoms with E-state index in [0.29, 0.717) is 35.5 Å². The summed E-state index contributed by atoms with van der Waals surface area (Å²) in [4.78, 5) is 4.48. The molecule has 0 atom stereocenters. The average Bonchev–Trinajstić information content (AvgIpc) is 2.84. The number of nitrogens with zero attached hydrogens (tertiary/aromatic N) is 3. The maximum atomic E-state index is 13.7. The number of halogens is 2. The first-order chi connectivity index (χ1) is 11.5. The van der Waals surface area contributed by atoms with Gasteiger partial charge in [-0.3, -0.25) is 0 Å². The van der Waals surface area contributed by atoms with Crippen molar-refractivity contribution < 1.29 is 8.78 Å². The molecule has 0 unspecified atom stereocenters. The standard InChI is InChI=1S/C19H17F2N3/c1-12(2)6-19-23-17-8-15(20)16(21)9-18(17)24(19)11-14-5-3-4-13(7-14)10-22/h3-5,7-9,12H,6,11H2,1-2H3. The molecule has 1 aromatic heterocycles. The summed E-state index contributed by atoms with van der Waals surface area (Å²) < 4.78 is 29.1. The molecule has 24 heavy (non-hydrogen) atoms. The van der Waals surface area contributed by atoms with Crippen molar-refractivity contribution in [1.82, 2.24) is 9.55 Å². The van der Waals surface area contributed by atoms with Crippen LogP contribution in [0.25, 0.3) is 11.0 Å². The van der Waals surface area contributed by atoms with Gasteiger partial charge in [0.25, 0.3) is 0 Å². The molecule has 0 saturated heterocycles. The lowest BCUT2D eigenvalue weighted by Gasteiger charge is -2.11. The van der Waals surface area contributed by atoms with Gasteiger partial charge in [0.2, 0.25) is 0 Å². The van der Waals surface area contributed by atoms with E-state index in [1.165, 1.54) is 6.07 Å². The number of imidazole rings is 1. The molecule has 0 amide bonds. The largest absolute Gasteiger partial charge is 0.323 e. The zero-order valence-corrected chi connectivity index (χ0v) is 13.6. The monoisotopic (exact) mass is 325 g/mol. The molecule has 0 aliphatic carbocycles. The molecular weight excluding hydrogens is 308 g/mol. The van der Waals surface area contributed by atoms with Crippen molar-refractivity contribution in [1.29, 1.82) is 5.26 Å². The molecule has 0 radical (unpaired) electrons. The molecular formula is C19H17F2N3. The van der Waals surface area contributed by atoms with Crippen LogP contribution in [-0.4, -0.2) is 9.55 Å². The summed E-state index contributed by atoms with van der Waals surface area (Å²) in [5, 5.41) is 9.04. The molecule has 0 bridgehead atoms. The Morgan fingerprint density at radius 3 is 2.62 bits per heavy atom. The first kappa shape index (κ1) is 16.1. The number of hydrogen-bond donors (Lipinski definition) is 0. The second kappa shape index (κ2) is 6.40. The first-order valence-electron chi connectivity index (χ1n) is 7.81. The van der Waals surface area contributed by atoms with Crippen molar-refractivity contribution in [3.05, 3.63) is 65.0 Å². The molecule has 3 rings (SSSR count). The van der Waals surface area contributed by atoms with Gasteiger partial charge < -0.3 is 4.57 Å². The van der Waals surface area contributed by atoms with Crippen LogP contribution in [0, 0.1) is 28.9 Å². The second-order valence-electron chi connectivity index (χ2n) is 6.28. The smallest absolute Gasteiger partial charge is 0.161 e. The van der Waals surface area contributed by atoms with Crippen molar-refractivity contribution in [2.75, 3.05) is 0 Å². The predicted octanol–water partition coefficient (Wildman–Crippen LogP) is 4.43. The first-order valence-corrected chi connectivity index (χ1v) is 7.81. The predicted molar refractivity (Wildman–Crippen MR) is 88.5 cm³/mol. The van der Waals surface area contributed by atoms with Gasteiger partial charge in [0.15, 0.2) is 11.6 Å². The summed E-state index contributed by atoms with van der Waals surface area (Å²) >= 11 is 0. The zero-order chi connectivity index (χ0) is 17.3. The maximum Gasteiger partial charge on any atom is 0.161 e. The molecule has 0 N–H and O–H groups in total. The van der Waals surface area contributed by atoms with Gasteiger partial charge in [-0.2, -0.15) is 5.26 Å². The lowest BCUT2D eigenvalue weighted by molar-refractivity contribution is 0.510. The molecule has 0 spiro atoms. The summed E-state index contributed by atoms with van der Waals surface area (Å²) in [6.07, 6.45) is 0.704. The van der Waals surface area contributed by atoms with Gasteiger partial charge in [0, 0.05) is 25.1 Å². The summed E-state index contributed by atoms with van der Waals surface area (Å²) in [5.41, 5.74) is 2.50. The lowest BCUT2D eigenvalue weighted by Crippen LogP contribution is -2.08. The number of hydrogen-bond acceptors (Lipinski definition) is 2. The van der Waals surface area contributed by atoms with E-state index in [9.17, 15) is 8.78 Å². The Kier molecular flexibility index (Phi) is 4.30. The van der Waals surface area contributed by atoms with Crippen molar-refractivity contribution >= 4 is 11.0 Å². The van der Waals surface area contributed by atoms with Crippen LogP contribution in [0.3, 0.4) is 0 Å². The topological polar surface area (TPSA) is 41.6 Å². The summed E-state index contributed by atoms with van der Waals surface area (Å²) in [6, 6.07) is 11.7. The van der Waals surface area contributed by atoms with Gasteiger partial charge in [-0.1, -0.05) is 26.0 Å². The Labute approximate surface area is 139 Å². The van der Waals surface area contributed by atoms with Crippen LogP contribution in [0.4, 0.5) is 8.78 Å². The van der Waals surface area contributed by atoms with E-state index >= 15 is 0 Å². The highest BCUT2D eigenvalue weighted by molar-refractivity contribution is 5.76. The van der Waals surface area contributed by atoms with Crippen molar-refractivity contribution in [2.24, 2.45) is 5.92 Å². The van der Waals surface area contributed by atoms with Crippen LogP contribution in [-0.2, 0) is 13.0 Å². The van der Waals surface area contributed by atoms with Gasteiger partial charge in [-0.05, 0) is 23.6 Å². The lowest BCUT2D eigenvalue weighted by atomic mass is 10.1. The van der Waals surface area contributed by atoms with E-state index in [1.807, 2.05) is 16.7 Å². The van der Waals surface area contributed by atoms with Crippen LogP contribution >= 0.6 is 0 Å². The maximum absolute atomic E-state index is 13.7. The highest BCUT2D eigenvalue weighted by atomic mass is 19.2. The quantitative estimate of drug-likeness (QED) is 0.712. The number of nitriles is 1. The third kappa shape index (κ3) is 3.13. The van der Waals surface area contributed by atoms with Crippen molar-refractivity contribution in [2.45, 2.75) is 26.8 Å². The van der Waals surface area contributed by atoms with Crippen LogP contribution in [0.1, 0.15) is 30.8 Å². The Hall–Kier alpha value is -2.74. The zero-order valence-electron chi connectivity index (χ0n) is 13.6. The molecule has 1 heterocycles. The molecule has 5 heteroatoms. The van der Waals surface area contributed by atoms with E-state index in [0.717, 1.165) is 17.5 Å². The number of fused-ring (bicyclic) bond motifs is 1. The Bertz CT molecular complexity index is 936. The number of aromatic nitrogens is 2. The molecule has 3 nitrogen and oxygen atoms in total. The fourth-order valence-corrected chi connectivity index (χ4v) is 2.79. The van der Waals surface area contributed by atoms with E-state index in [4.69, 9.17) is 5.26 Å². The van der Waals surface area contributed by atoms with E-state index < -0.39 is 11.6 Å². The second-order valence-corrected chi connectivity index (χ2v) is 6.28.